The zero-order chi connectivity index (χ0) is 23.9. The number of amides is 1. The lowest BCUT2D eigenvalue weighted by molar-refractivity contribution is -0.537. The van der Waals surface area contributed by atoms with Gasteiger partial charge in [-0.15, -0.1) is 0 Å². The summed E-state index contributed by atoms with van der Waals surface area (Å²) in [5.74, 6) is -3.37. The van der Waals surface area contributed by atoms with Crippen molar-refractivity contribution in [2.45, 2.75) is 90.6 Å². The van der Waals surface area contributed by atoms with Crippen molar-refractivity contribution >= 4 is 11.7 Å². The maximum atomic E-state index is 13.9. The maximum absolute atomic E-state index is 13.9. The van der Waals surface area contributed by atoms with Gasteiger partial charge >= 0.3 is 0 Å². The first-order valence-corrected chi connectivity index (χ1v) is 12.4. The molecule has 2 bridgehead atoms. The van der Waals surface area contributed by atoms with Crippen LogP contribution < -0.4 is 5.32 Å². The van der Waals surface area contributed by atoms with Gasteiger partial charge < -0.3 is 24.6 Å². The first kappa shape index (κ1) is 22.2. The Morgan fingerprint density at radius 1 is 1.18 bits per heavy atom. The number of hydrogen-bond acceptors (Lipinski definition) is 6. The Morgan fingerprint density at radius 2 is 1.88 bits per heavy atom. The Bertz CT molecular complexity index is 974. The molecule has 7 aliphatic rings. The highest BCUT2D eigenvalue weighted by Gasteiger charge is 2.89. The van der Waals surface area contributed by atoms with Crippen molar-refractivity contribution in [3.63, 3.8) is 0 Å². The van der Waals surface area contributed by atoms with Crippen LogP contribution in [0.3, 0.4) is 0 Å². The van der Waals surface area contributed by atoms with E-state index < -0.39 is 34.6 Å². The second-order valence-corrected chi connectivity index (χ2v) is 12.8. The lowest BCUT2D eigenvalue weighted by Crippen LogP contribution is -2.92. The van der Waals surface area contributed by atoms with Gasteiger partial charge in [-0.25, -0.2) is 0 Å². The summed E-state index contributed by atoms with van der Waals surface area (Å²) in [4.78, 5) is 27.0. The maximum Gasteiger partial charge on any atom is 0.226 e. The summed E-state index contributed by atoms with van der Waals surface area (Å²) >= 11 is 0. The normalized spacial score (nSPS) is 54.8. The van der Waals surface area contributed by atoms with Crippen molar-refractivity contribution in [2.75, 3.05) is 6.61 Å². The summed E-state index contributed by atoms with van der Waals surface area (Å²) in [7, 11) is 0. The third-order valence-corrected chi connectivity index (χ3v) is 10.4. The van der Waals surface area contributed by atoms with E-state index in [1.165, 1.54) is 0 Å². The van der Waals surface area contributed by atoms with Crippen LogP contribution in [0.15, 0.2) is 12.2 Å². The van der Waals surface area contributed by atoms with E-state index in [0.717, 1.165) is 24.8 Å². The molecule has 10 atom stereocenters. The predicted octanol–water partition coefficient (Wildman–Crippen LogP) is 2.56. The Labute approximate surface area is 195 Å². The van der Waals surface area contributed by atoms with Gasteiger partial charge in [0.2, 0.25) is 11.7 Å². The molecule has 3 saturated carbocycles. The van der Waals surface area contributed by atoms with Crippen LogP contribution in [0.25, 0.3) is 0 Å². The van der Waals surface area contributed by atoms with Crippen molar-refractivity contribution in [3.05, 3.63) is 12.2 Å². The van der Waals surface area contributed by atoms with E-state index >= 15 is 0 Å². The van der Waals surface area contributed by atoms with E-state index in [-0.39, 0.29) is 46.8 Å². The molecule has 4 aliphatic heterocycles. The number of fused-ring (bicyclic) bond motifs is 2. The van der Waals surface area contributed by atoms with Crippen LogP contribution >= 0.6 is 0 Å². The molecule has 33 heavy (non-hydrogen) atoms. The van der Waals surface area contributed by atoms with Crippen LogP contribution in [-0.2, 0) is 23.8 Å². The van der Waals surface area contributed by atoms with Gasteiger partial charge in [0.25, 0.3) is 0 Å². The van der Waals surface area contributed by atoms with E-state index in [0.29, 0.717) is 6.61 Å². The second-order valence-electron chi connectivity index (χ2n) is 12.8. The van der Waals surface area contributed by atoms with Gasteiger partial charge in [-0.1, -0.05) is 26.0 Å². The zero-order valence-corrected chi connectivity index (χ0v) is 20.6. The number of carbonyl (C=O) groups excluding carboxylic acids is 2. The minimum Gasteiger partial charge on any atom is -0.387 e. The molecule has 4 heterocycles. The molecule has 0 aromatic rings. The average Bonchev–Trinajstić information content (AvgIpc) is 2.66. The van der Waals surface area contributed by atoms with Crippen molar-refractivity contribution in [1.29, 1.82) is 0 Å². The molecule has 7 rings (SSSR count). The van der Waals surface area contributed by atoms with Gasteiger partial charge in [0.05, 0.1) is 18.6 Å². The first-order valence-electron chi connectivity index (χ1n) is 12.4. The Kier molecular flexibility index (Phi) is 4.10. The molecular weight excluding hydrogens is 422 g/mol. The molecule has 2 N–H and O–H groups in total. The third kappa shape index (κ3) is 2.18. The number of aliphatic hydroxyl groups excluding tert-OH is 1. The molecule has 0 aromatic heterocycles. The van der Waals surface area contributed by atoms with Crippen LogP contribution in [0.5, 0.6) is 0 Å². The van der Waals surface area contributed by atoms with Gasteiger partial charge in [-0.2, -0.15) is 0 Å². The van der Waals surface area contributed by atoms with Gasteiger partial charge in [-0.05, 0) is 58.3 Å². The van der Waals surface area contributed by atoms with E-state index in [9.17, 15) is 14.7 Å². The second kappa shape index (κ2) is 6.10. The van der Waals surface area contributed by atoms with E-state index in [1.54, 1.807) is 6.92 Å². The summed E-state index contributed by atoms with van der Waals surface area (Å²) in [5.41, 5.74) is -1.15. The highest BCUT2D eigenvalue weighted by molar-refractivity contribution is 5.89. The summed E-state index contributed by atoms with van der Waals surface area (Å²) in [6.45, 7) is 16.1. The van der Waals surface area contributed by atoms with Crippen molar-refractivity contribution < 1.29 is 28.9 Å². The highest BCUT2D eigenvalue weighted by atomic mass is 16.8. The summed E-state index contributed by atoms with van der Waals surface area (Å²) in [6.07, 6.45) is 0.789. The highest BCUT2D eigenvalue weighted by Crippen LogP contribution is 2.78. The monoisotopic (exact) mass is 459 g/mol. The fourth-order valence-corrected chi connectivity index (χ4v) is 9.80. The van der Waals surface area contributed by atoms with Crippen molar-refractivity contribution in [3.8, 4) is 0 Å². The molecular formula is C26H37NO6. The fraction of sp³-hybridized carbons (Fsp3) is 0.846. The average molecular weight is 460 g/mol. The number of aliphatic hydroxyl groups is 1. The fourth-order valence-electron chi connectivity index (χ4n) is 9.80. The smallest absolute Gasteiger partial charge is 0.226 e. The van der Waals surface area contributed by atoms with Crippen LogP contribution in [0.4, 0.5) is 0 Å². The predicted molar refractivity (Wildman–Crippen MR) is 119 cm³/mol. The molecule has 0 radical (unpaired) electrons. The van der Waals surface area contributed by atoms with Crippen molar-refractivity contribution in [2.24, 2.45) is 39.9 Å². The number of ketones is 1. The number of β-lactam (4-membered cyclic amide) rings is 1. The number of nitrogens with one attached hydrogen (secondary N) is 1. The van der Waals surface area contributed by atoms with Gasteiger partial charge in [0.1, 0.15) is 17.3 Å². The van der Waals surface area contributed by atoms with Gasteiger partial charge in [0.15, 0.2) is 5.79 Å². The summed E-state index contributed by atoms with van der Waals surface area (Å²) in [6, 6.07) is 0.0355. The largest absolute Gasteiger partial charge is 0.387 e. The SMILES string of the molecule is C=C(C)[C@@H]1CC[C@H]2[C@@]34COC5(OC(C)(C)O[C@H]1[C@@]25C(C)=O)[C@@H](O)[C@@H]3C(C)(C)C[C@H]1NC(=O)[C@H]14. The third-order valence-electron chi connectivity index (χ3n) is 10.4. The van der Waals surface area contributed by atoms with Crippen molar-refractivity contribution in [1.82, 2.24) is 5.32 Å². The molecule has 3 aliphatic carbocycles. The molecule has 4 saturated heterocycles. The van der Waals surface area contributed by atoms with Crippen LogP contribution in [-0.4, -0.2) is 53.2 Å². The van der Waals surface area contributed by atoms with Gasteiger partial charge in [-0.3, -0.25) is 9.59 Å². The molecule has 7 nitrogen and oxygen atoms in total. The minimum atomic E-state index is -1.51. The molecule has 182 valence electrons. The summed E-state index contributed by atoms with van der Waals surface area (Å²) < 4.78 is 19.8. The van der Waals surface area contributed by atoms with E-state index in [1.807, 2.05) is 20.8 Å². The Morgan fingerprint density at radius 3 is 2.48 bits per heavy atom. The molecule has 1 amide bonds. The molecule has 7 fully saturated rings. The van der Waals surface area contributed by atoms with E-state index in [2.05, 4.69) is 25.7 Å². The van der Waals surface area contributed by atoms with Crippen LogP contribution in [0.2, 0.25) is 0 Å². The number of hydrogen-bond donors (Lipinski definition) is 2. The quantitative estimate of drug-likeness (QED) is 0.487. The molecule has 2 spiro atoms. The number of rotatable bonds is 2. The number of carbonyl (C=O) groups is 2. The Hall–Kier alpha value is -1.28. The van der Waals surface area contributed by atoms with Gasteiger partial charge in [0, 0.05) is 23.3 Å². The van der Waals surface area contributed by atoms with Crippen LogP contribution in [0.1, 0.15) is 60.8 Å². The zero-order valence-electron chi connectivity index (χ0n) is 20.6. The topological polar surface area (TPSA) is 94.1 Å². The molecule has 0 aromatic carbocycles. The standard InChI is InChI=1S/C26H37NO6/c1-12(2)14-8-9-16-24-11-31-26(25(16,13(3)28)20(14)32-23(6,7)33-26)19(29)18(24)22(4,5)10-15-17(24)21(30)27-15/h14-20,29H,1,8-11H2,2-7H3,(H,27,30)/t14-,15+,16-,17-,18+,19-,20+,24+,25+,26?/m0/s1. The molecule has 7 heteroatoms. The summed E-state index contributed by atoms with van der Waals surface area (Å²) in [5, 5.41) is 15.4. The number of Topliss-reactive ketones (excluding diaryl/α,β-unsaturated/α-hetero) is 1. The first-order chi connectivity index (χ1) is 15.3. The lowest BCUT2D eigenvalue weighted by Gasteiger charge is -2.80. The minimum absolute atomic E-state index is 0.0148. The van der Waals surface area contributed by atoms with Crippen LogP contribution in [0, 0.1) is 39.9 Å². The number of ether oxygens (including phenoxy) is 3. The Balaban J connectivity index is 1.67. The molecule has 1 unspecified atom stereocenters. The lowest BCUT2D eigenvalue weighted by atomic mass is 9.31. The van der Waals surface area contributed by atoms with E-state index in [4.69, 9.17) is 14.2 Å².